The van der Waals surface area contributed by atoms with E-state index in [9.17, 15) is 19.2 Å². The average molecular weight is 476 g/mol. The molecule has 0 aliphatic rings. The Labute approximate surface area is 202 Å². The fourth-order valence-electron chi connectivity index (χ4n) is 3.03. The van der Waals surface area contributed by atoms with Crippen LogP contribution in [0.1, 0.15) is 21.5 Å². The number of nitrogens with one attached hydrogen (secondary N) is 3. The normalized spacial score (nSPS) is 11.0. The van der Waals surface area contributed by atoms with Crippen LogP contribution < -0.4 is 16.1 Å². The Kier molecular flexibility index (Phi) is 9.38. The van der Waals surface area contributed by atoms with Crippen molar-refractivity contribution in [1.82, 2.24) is 16.1 Å². The molecular weight excluding hydrogens is 450 g/mol. The van der Waals surface area contributed by atoms with Gasteiger partial charge in [0.1, 0.15) is 12.6 Å². The largest absolute Gasteiger partial charge is 0.445 e. The molecule has 180 valence electrons. The summed E-state index contributed by atoms with van der Waals surface area (Å²) in [4.78, 5) is 53.7. The van der Waals surface area contributed by atoms with Gasteiger partial charge in [-0.2, -0.15) is 5.48 Å². The van der Waals surface area contributed by atoms with Crippen LogP contribution in [-0.4, -0.2) is 36.5 Å². The van der Waals surface area contributed by atoms with Gasteiger partial charge in [0.05, 0.1) is 12.1 Å². The van der Waals surface area contributed by atoms with Crippen LogP contribution >= 0.6 is 0 Å². The summed E-state index contributed by atoms with van der Waals surface area (Å²) in [6.07, 6.45) is -0.594. The van der Waals surface area contributed by atoms with Crippen molar-refractivity contribution in [3.8, 4) is 0 Å². The number of rotatable bonds is 9. The highest BCUT2D eigenvalue weighted by atomic mass is 16.7. The smallest absolute Gasteiger partial charge is 0.408 e. The van der Waals surface area contributed by atoms with E-state index in [1.807, 2.05) is 66.1 Å². The molecule has 9 nitrogen and oxygen atoms in total. The first-order valence-corrected chi connectivity index (χ1v) is 10.8. The molecule has 0 aromatic heterocycles. The van der Waals surface area contributed by atoms with Gasteiger partial charge >= 0.3 is 12.1 Å². The van der Waals surface area contributed by atoms with E-state index in [1.54, 1.807) is 18.2 Å². The summed E-state index contributed by atoms with van der Waals surface area (Å²) in [5.74, 6) is -2.09. The molecule has 3 aromatic carbocycles. The molecule has 0 spiro atoms. The highest BCUT2D eigenvalue weighted by Gasteiger charge is 2.23. The minimum atomic E-state index is -1.000. The van der Waals surface area contributed by atoms with Crippen molar-refractivity contribution in [2.45, 2.75) is 19.1 Å². The molecular formula is C26H25N3O6. The van der Waals surface area contributed by atoms with Crippen molar-refractivity contribution in [1.29, 1.82) is 0 Å². The van der Waals surface area contributed by atoms with E-state index in [0.717, 1.165) is 11.1 Å². The molecule has 3 aromatic rings. The van der Waals surface area contributed by atoms with Crippen LogP contribution in [0.4, 0.5) is 4.79 Å². The quantitative estimate of drug-likeness (QED) is 0.409. The van der Waals surface area contributed by atoms with E-state index in [0.29, 0.717) is 0 Å². The summed E-state index contributed by atoms with van der Waals surface area (Å²) >= 11 is 0. The molecule has 0 heterocycles. The van der Waals surface area contributed by atoms with Gasteiger partial charge in [0.15, 0.2) is 0 Å². The van der Waals surface area contributed by atoms with E-state index < -0.39 is 36.5 Å². The third-order valence-corrected chi connectivity index (χ3v) is 4.79. The fraction of sp³-hybridized carbons (Fsp3) is 0.154. The molecule has 0 saturated heterocycles. The molecule has 0 bridgehead atoms. The van der Waals surface area contributed by atoms with Gasteiger partial charge in [0, 0.05) is 6.42 Å². The van der Waals surface area contributed by atoms with Gasteiger partial charge in [-0.3, -0.25) is 9.59 Å². The number of alkyl carbamates (subject to hydrolysis) is 1. The Morgan fingerprint density at radius 3 is 1.94 bits per heavy atom. The maximum Gasteiger partial charge on any atom is 0.408 e. The van der Waals surface area contributed by atoms with Crippen LogP contribution in [0.3, 0.4) is 0 Å². The Morgan fingerprint density at radius 1 is 0.743 bits per heavy atom. The zero-order chi connectivity index (χ0) is 24.9. The number of carbonyl (C=O) groups is 4. The second kappa shape index (κ2) is 13.1. The van der Waals surface area contributed by atoms with Crippen LogP contribution in [0.5, 0.6) is 0 Å². The number of amides is 3. The summed E-state index contributed by atoms with van der Waals surface area (Å²) in [7, 11) is 0. The molecule has 3 N–H and O–H groups in total. The Bertz CT molecular complexity index is 1120. The monoisotopic (exact) mass is 475 g/mol. The lowest BCUT2D eigenvalue weighted by molar-refractivity contribution is -0.132. The summed E-state index contributed by atoms with van der Waals surface area (Å²) in [5, 5.41) is 4.97. The molecule has 0 fully saturated rings. The fourth-order valence-corrected chi connectivity index (χ4v) is 3.03. The number of carbonyl (C=O) groups excluding carboxylic acids is 4. The van der Waals surface area contributed by atoms with Crippen molar-refractivity contribution in [3.05, 3.63) is 108 Å². The minimum Gasteiger partial charge on any atom is -0.445 e. The second-order valence-corrected chi connectivity index (χ2v) is 7.45. The third-order valence-electron chi connectivity index (χ3n) is 4.79. The zero-order valence-electron chi connectivity index (χ0n) is 18.8. The summed E-state index contributed by atoms with van der Waals surface area (Å²) in [6, 6.07) is 25.3. The van der Waals surface area contributed by atoms with Crippen molar-refractivity contribution < 1.29 is 28.8 Å². The van der Waals surface area contributed by atoms with Crippen LogP contribution in [0.25, 0.3) is 0 Å². The minimum absolute atomic E-state index is 0.0432. The molecule has 9 heteroatoms. The Morgan fingerprint density at radius 2 is 1.31 bits per heavy atom. The van der Waals surface area contributed by atoms with Crippen LogP contribution in [-0.2, 0) is 32.2 Å². The van der Waals surface area contributed by atoms with Crippen LogP contribution in [0, 0.1) is 0 Å². The Balaban J connectivity index is 1.51. The maximum atomic E-state index is 12.8. The highest BCUT2D eigenvalue weighted by molar-refractivity contribution is 5.92. The number of ether oxygens (including phenoxy) is 1. The first kappa shape index (κ1) is 25.0. The van der Waals surface area contributed by atoms with Crippen LogP contribution in [0.2, 0.25) is 0 Å². The lowest BCUT2D eigenvalue weighted by Gasteiger charge is -2.18. The van der Waals surface area contributed by atoms with Gasteiger partial charge in [0.25, 0.3) is 5.91 Å². The maximum absolute atomic E-state index is 12.8. The van der Waals surface area contributed by atoms with Gasteiger partial charge in [0.2, 0.25) is 5.91 Å². The van der Waals surface area contributed by atoms with E-state index in [4.69, 9.17) is 9.57 Å². The van der Waals surface area contributed by atoms with Crippen molar-refractivity contribution in [2.75, 3.05) is 6.54 Å². The summed E-state index contributed by atoms with van der Waals surface area (Å²) < 4.78 is 5.21. The van der Waals surface area contributed by atoms with E-state index in [-0.39, 0.29) is 18.6 Å². The van der Waals surface area contributed by atoms with Crippen molar-refractivity contribution >= 4 is 23.9 Å². The van der Waals surface area contributed by atoms with Crippen molar-refractivity contribution in [3.63, 3.8) is 0 Å². The SMILES string of the molecule is O=C(CNC(=O)[C@H](Cc1ccccc1)NC(=O)OCc1ccccc1)NOC(=O)c1ccccc1. The van der Waals surface area contributed by atoms with E-state index in [1.165, 1.54) is 12.1 Å². The number of benzene rings is 3. The first-order chi connectivity index (χ1) is 17.0. The second-order valence-electron chi connectivity index (χ2n) is 7.45. The molecule has 0 aliphatic carbocycles. The van der Waals surface area contributed by atoms with Gasteiger partial charge in [-0.25, -0.2) is 9.59 Å². The molecule has 35 heavy (non-hydrogen) atoms. The third kappa shape index (κ3) is 8.65. The van der Waals surface area contributed by atoms with E-state index in [2.05, 4.69) is 10.6 Å². The summed E-state index contributed by atoms with van der Waals surface area (Å²) in [5.41, 5.74) is 3.85. The van der Waals surface area contributed by atoms with Gasteiger partial charge < -0.3 is 20.2 Å². The molecule has 0 radical (unpaired) electrons. The lowest BCUT2D eigenvalue weighted by Crippen LogP contribution is -2.50. The molecule has 3 rings (SSSR count). The number of hydrogen-bond donors (Lipinski definition) is 3. The van der Waals surface area contributed by atoms with Crippen LogP contribution in [0.15, 0.2) is 91.0 Å². The predicted octanol–water partition coefficient (Wildman–Crippen LogP) is 2.53. The molecule has 0 unspecified atom stereocenters. The van der Waals surface area contributed by atoms with Gasteiger partial charge in [-0.05, 0) is 23.3 Å². The van der Waals surface area contributed by atoms with Gasteiger partial charge in [-0.1, -0.05) is 78.9 Å². The van der Waals surface area contributed by atoms with E-state index >= 15 is 0 Å². The average Bonchev–Trinajstić information content (AvgIpc) is 2.90. The highest BCUT2D eigenvalue weighted by Crippen LogP contribution is 2.05. The number of hydrogen-bond acceptors (Lipinski definition) is 6. The van der Waals surface area contributed by atoms with Crippen molar-refractivity contribution in [2.24, 2.45) is 0 Å². The topological polar surface area (TPSA) is 123 Å². The van der Waals surface area contributed by atoms with Gasteiger partial charge in [-0.15, -0.1) is 0 Å². The lowest BCUT2D eigenvalue weighted by atomic mass is 10.1. The molecule has 0 saturated carbocycles. The zero-order valence-corrected chi connectivity index (χ0v) is 18.8. The summed E-state index contributed by atoms with van der Waals surface area (Å²) in [6.45, 7) is -0.422. The molecule has 0 aliphatic heterocycles. The molecule has 1 atom stereocenters. The Hall–Kier alpha value is -4.66. The standard InChI is InChI=1S/C26H25N3O6/c30-23(29-35-25(32)21-14-8-3-9-15-21)17-27-24(31)22(16-19-10-4-1-5-11-19)28-26(33)34-18-20-12-6-2-7-13-20/h1-15,22H,16-18H2,(H,27,31)(H,28,33)(H,29,30)/t22-/m0/s1. The molecule has 3 amide bonds. The number of hydroxylamine groups is 1. The first-order valence-electron chi connectivity index (χ1n) is 10.8. The predicted molar refractivity (Wildman–Crippen MR) is 127 cm³/mol.